The summed E-state index contributed by atoms with van der Waals surface area (Å²) in [5, 5.41) is 0. The largest absolute Gasteiger partial charge is 0.396 e. The molecule has 2 aromatic rings. The van der Waals surface area contributed by atoms with Gasteiger partial charge in [0.25, 0.3) is 0 Å². The van der Waals surface area contributed by atoms with Gasteiger partial charge in [0.05, 0.1) is 5.69 Å². The van der Waals surface area contributed by atoms with E-state index in [2.05, 4.69) is 27.0 Å². The third-order valence-electron chi connectivity index (χ3n) is 4.26. The lowest BCUT2D eigenvalue weighted by Gasteiger charge is -2.33. The van der Waals surface area contributed by atoms with Gasteiger partial charge in [-0.15, -0.1) is 0 Å². The van der Waals surface area contributed by atoms with Gasteiger partial charge in [0.1, 0.15) is 5.82 Å². The van der Waals surface area contributed by atoms with E-state index < -0.39 is 0 Å². The van der Waals surface area contributed by atoms with Crippen molar-refractivity contribution in [2.24, 2.45) is 5.92 Å². The van der Waals surface area contributed by atoms with Gasteiger partial charge < -0.3 is 16.4 Å². The van der Waals surface area contributed by atoms with Crippen molar-refractivity contribution < 1.29 is 0 Å². The van der Waals surface area contributed by atoms with Gasteiger partial charge in [0, 0.05) is 37.4 Å². The number of aromatic nitrogens is 2. The molecule has 4 N–H and O–H groups in total. The molecule has 2 aromatic heterocycles. The molecule has 5 heteroatoms. The maximum absolute atomic E-state index is 6.01. The molecule has 0 bridgehead atoms. The minimum Gasteiger partial charge on any atom is -0.396 e. The maximum atomic E-state index is 6.01. The third-order valence-corrected chi connectivity index (χ3v) is 4.26. The quantitative estimate of drug-likeness (QED) is 0.901. The third kappa shape index (κ3) is 3.07. The summed E-state index contributed by atoms with van der Waals surface area (Å²) in [6.45, 7) is 2.16. The van der Waals surface area contributed by atoms with Gasteiger partial charge >= 0.3 is 0 Å². The van der Waals surface area contributed by atoms with Crippen LogP contribution in [0.2, 0.25) is 0 Å². The molecule has 0 unspecified atom stereocenters. The molecule has 0 amide bonds. The molecule has 3 rings (SSSR count). The lowest BCUT2D eigenvalue weighted by molar-refractivity contribution is 0.404. The zero-order valence-corrected chi connectivity index (χ0v) is 12.1. The minimum absolute atomic E-state index is 0.446. The highest BCUT2D eigenvalue weighted by Gasteiger charge is 2.20. The molecule has 1 fully saturated rings. The molecule has 1 aliphatic heterocycles. The highest BCUT2D eigenvalue weighted by atomic mass is 15.1. The van der Waals surface area contributed by atoms with E-state index >= 15 is 0 Å². The van der Waals surface area contributed by atoms with E-state index in [1.807, 2.05) is 18.5 Å². The Morgan fingerprint density at radius 1 is 1.05 bits per heavy atom. The number of piperidine rings is 1. The van der Waals surface area contributed by atoms with E-state index in [9.17, 15) is 0 Å². The predicted octanol–water partition coefficient (Wildman–Crippen LogP) is 2.10. The van der Waals surface area contributed by atoms with Crippen LogP contribution < -0.4 is 16.4 Å². The first kappa shape index (κ1) is 13.7. The van der Waals surface area contributed by atoms with Crippen LogP contribution >= 0.6 is 0 Å². The van der Waals surface area contributed by atoms with Gasteiger partial charge in [0.15, 0.2) is 0 Å². The summed E-state index contributed by atoms with van der Waals surface area (Å²) >= 11 is 0. The molecule has 0 atom stereocenters. The van der Waals surface area contributed by atoms with Crippen molar-refractivity contribution in [2.75, 3.05) is 29.5 Å². The summed E-state index contributed by atoms with van der Waals surface area (Å²) in [6, 6.07) is 6.13. The Labute approximate surface area is 125 Å². The summed E-state index contributed by atoms with van der Waals surface area (Å²) in [6.07, 6.45) is 8.77. The first-order chi connectivity index (χ1) is 10.2. The number of hydrogen-bond acceptors (Lipinski definition) is 5. The molecule has 5 nitrogen and oxygen atoms in total. The van der Waals surface area contributed by atoms with Crippen LogP contribution in [0.1, 0.15) is 18.4 Å². The fourth-order valence-corrected chi connectivity index (χ4v) is 2.97. The standard InChI is InChI=1S/C16H21N5/c17-15-13(1-8-20-16(15)18)11-12-4-9-21(10-5-12)14-2-6-19-7-3-14/h1-3,6-8,12H,4-5,9-11,17H2,(H2,18,20). The highest BCUT2D eigenvalue weighted by molar-refractivity contribution is 5.62. The molecular weight excluding hydrogens is 262 g/mol. The molecule has 0 aromatic carbocycles. The monoisotopic (exact) mass is 283 g/mol. The van der Waals surface area contributed by atoms with Crippen LogP contribution in [0.5, 0.6) is 0 Å². The second-order valence-electron chi connectivity index (χ2n) is 5.61. The lowest BCUT2D eigenvalue weighted by Crippen LogP contribution is -2.34. The van der Waals surface area contributed by atoms with Crippen molar-refractivity contribution in [1.29, 1.82) is 0 Å². The fraction of sp³-hybridized carbons (Fsp3) is 0.375. The van der Waals surface area contributed by atoms with E-state index in [0.717, 1.165) is 25.1 Å². The van der Waals surface area contributed by atoms with E-state index in [1.54, 1.807) is 6.20 Å². The van der Waals surface area contributed by atoms with Gasteiger partial charge in [-0.2, -0.15) is 0 Å². The van der Waals surface area contributed by atoms with Crippen LogP contribution in [-0.2, 0) is 6.42 Å². The number of pyridine rings is 2. The second kappa shape index (κ2) is 5.99. The Bertz CT molecular complexity index is 591. The fourth-order valence-electron chi connectivity index (χ4n) is 2.97. The summed E-state index contributed by atoms with van der Waals surface area (Å²) in [5.74, 6) is 1.11. The SMILES string of the molecule is Nc1nccc(CC2CCN(c3ccncc3)CC2)c1N. The molecule has 0 saturated carbocycles. The minimum atomic E-state index is 0.446. The van der Waals surface area contributed by atoms with Gasteiger partial charge in [-0.1, -0.05) is 0 Å². The topological polar surface area (TPSA) is 81.1 Å². The average molecular weight is 283 g/mol. The van der Waals surface area contributed by atoms with Gasteiger partial charge in [-0.25, -0.2) is 4.98 Å². The summed E-state index contributed by atoms with van der Waals surface area (Å²) in [7, 11) is 0. The summed E-state index contributed by atoms with van der Waals surface area (Å²) in [4.78, 5) is 10.5. The molecule has 0 radical (unpaired) electrons. The molecule has 0 spiro atoms. The van der Waals surface area contributed by atoms with E-state index in [0.29, 0.717) is 17.4 Å². The van der Waals surface area contributed by atoms with Crippen LogP contribution in [0.4, 0.5) is 17.2 Å². The van der Waals surface area contributed by atoms with Crippen molar-refractivity contribution in [3.8, 4) is 0 Å². The normalized spacial score (nSPS) is 16.1. The maximum Gasteiger partial charge on any atom is 0.146 e. The van der Waals surface area contributed by atoms with Crippen molar-refractivity contribution in [2.45, 2.75) is 19.3 Å². The van der Waals surface area contributed by atoms with Crippen LogP contribution in [0.3, 0.4) is 0 Å². The first-order valence-corrected chi connectivity index (χ1v) is 7.38. The van der Waals surface area contributed by atoms with E-state index in [-0.39, 0.29) is 0 Å². The first-order valence-electron chi connectivity index (χ1n) is 7.38. The Kier molecular flexibility index (Phi) is 3.90. The van der Waals surface area contributed by atoms with Crippen molar-refractivity contribution in [3.63, 3.8) is 0 Å². The molecule has 3 heterocycles. The number of nitrogens with two attached hydrogens (primary N) is 2. The van der Waals surface area contributed by atoms with E-state index in [4.69, 9.17) is 11.5 Å². The molecule has 1 aliphatic rings. The van der Waals surface area contributed by atoms with E-state index in [1.165, 1.54) is 18.5 Å². The zero-order chi connectivity index (χ0) is 14.7. The number of hydrogen-bond donors (Lipinski definition) is 2. The van der Waals surface area contributed by atoms with Crippen LogP contribution in [0.15, 0.2) is 36.8 Å². The zero-order valence-electron chi connectivity index (χ0n) is 12.1. The average Bonchev–Trinajstić information content (AvgIpc) is 2.53. The van der Waals surface area contributed by atoms with Crippen LogP contribution in [0.25, 0.3) is 0 Å². The molecule has 0 aliphatic carbocycles. The Balaban J connectivity index is 1.60. The second-order valence-corrected chi connectivity index (χ2v) is 5.61. The van der Waals surface area contributed by atoms with Crippen molar-refractivity contribution in [1.82, 2.24) is 9.97 Å². The molecule has 21 heavy (non-hydrogen) atoms. The Morgan fingerprint density at radius 3 is 2.48 bits per heavy atom. The highest BCUT2D eigenvalue weighted by Crippen LogP contribution is 2.28. The van der Waals surface area contributed by atoms with Crippen LogP contribution in [0, 0.1) is 5.92 Å². The number of rotatable bonds is 3. The summed E-state index contributed by atoms with van der Waals surface area (Å²) in [5.41, 5.74) is 14.8. The molecule has 110 valence electrons. The molecule has 1 saturated heterocycles. The number of nitrogen functional groups attached to an aromatic ring is 2. The summed E-state index contributed by atoms with van der Waals surface area (Å²) < 4.78 is 0. The van der Waals surface area contributed by atoms with Crippen molar-refractivity contribution >= 4 is 17.2 Å². The van der Waals surface area contributed by atoms with Crippen LogP contribution in [-0.4, -0.2) is 23.1 Å². The Hall–Kier alpha value is -2.30. The van der Waals surface area contributed by atoms with Gasteiger partial charge in [-0.3, -0.25) is 4.98 Å². The number of anilines is 3. The molecular formula is C16H21N5. The van der Waals surface area contributed by atoms with Gasteiger partial charge in [-0.05, 0) is 48.9 Å². The smallest absolute Gasteiger partial charge is 0.146 e. The Morgan fingerprint density at radius 2 is 1.76 bits per heavy atom. The number of nitrogens with zero attached hydrogens (tertiary/aromatic N) is 3. The lowest BCUT2D eigenvalue weighted by atomic mass is 9.89. The van der Waals surface area contributed by atoms with Crippen molar-refractivity contribution in [3.05, 3.63) is 42.4 Å². The van der Waals surface area contributed by atoms with Gasteiger partial charge in [0.2, 0.25) is 0 Å². The predicted molar refractivity (Wildman–Crippen MR) is 85.9 cm³/mol.